The van der Waals surface area contributed by atoms with E-state index in [0.717, 1.165) is 11.1 Å². The molecule has 0 heterocycles. The summed E-state index contributed by atoms with van der Waals surface area (Å²) in [6, 6.07) is 20.9. The molecule has 192 valence electrons. The summed E-state index contributed by atoms with van der Waals surface area (Å²) in [6.45, 7) is 1.64. The van der Waals surface area contributed by atoms with Crippen LogP contribution in [-0.4, -0.2) is 53.0 Å². The zero-order chi connectivity index (χ0) is 26.1. The van der Waals surface area contributed by atoms with Gasteiger partial charge in [0.1, 0.15) is 5.75 Å². The Balaban J connectivity index is 1.82. The van der Waals surface area contributed by atoms with E-state index in [9.17, 15) is 13.2 Å². The van der Waals surface area contributed by atoms with Gasteiger partial charge in [-0.1, -0.05) is 42.5 Å². The molecule has 0 fully saturated rings. The summed E-state index contributed by atoms with van der Waals surface area (Å²) in [4.78, 5) is 13.0. The van der Waals surface area contributed by atoms with Crippen molar-refractivity contribution in [2.24, 2.45) is 0 Å². The maximum Gasteiger partial charge on any atom is 0.243 e. The van der Waals surface area contributed by atoms with Crippen LogP contribution >= 0.6 is 0 Å². The molecule has 1 atom stereocenters. The molecule has 0 bridgehead atoms. The van der Waals surface area contributed by atoms with Gasteiger partial charge in [0.25, 0.3) is 0 Å². The highest BCUT2D eigenvalue weighted by atomic mass is 32.2. The van der Waals surface area contributed by atoms with E-state index in [4.69, 9.17) is 14.2 Å². The molecule has 0 aliphatic heterocycles. The van der Waals surface area contributed by atoms with Crippen LogP contribution in [0.4, 0.5) is 0 Å². The fourth-order valence-electron chi connectivity index (χ4n) is 3.73. The zero-order valence-electron chi connectivity index (χ0n) is 20.9. The molecule has 8 nitrogen and oxygen atoms in total. The van der Waals surface area contributed by atoms with Crippen molar-refractivity contribution in [3.63, 3.8) is 0 Å². The first kappa shape index (κ1) is 27.0. The molecule has 36 heavy (non-hydrogen) atoms. The monoisotopic (exact) mass is 512 g/mol. The Bertz CT molecular complexity index is 1250. The summed E-state index contributed by atoms with van der Waals surface area (Å²) in [6.07, 6.45) is 0.453. The van der Waals surface area contributed by atoms with Crippen LogP contribution in [-0.2, 0) is 21.2 Å². The lowest BCUT2D eigenvalue weighted by atomic mass is 10.1. The lowest BCUT2D eigenvalue weighted by Crippen LogP contribution is -2.42. The van der Waals surface area contributed by atoms with Crippen molar-refractivity contribution in [3.05, 3.63) is 83.9 Å². The molecule has 0 aliphatic carbocycles. The molecular weight excluding hydrogens is 480 g/mol. The largest absolute Gasteiger partial charge is 0.497 e. The van der Waals surface area contributed by atoms with Gasteiger partial charge in [0, 0.05) is 12.6 Å². The number of carbonyl (C=O) groups excluding carboxylic acids is 1. The number of hydrogen-bond acceptors (Lipinski definition) is 6. The Hall–Kier alpha value is -3.56. The fourth-order valence-corrected chi connectivity index (χ4v) is 5.14. The second-order valence-corrected chi connectivity index (χ2v) is 10.1. The van der Waals surface area contributed by atoms with Gasteiger partial charge in [-0.2, -0.15) is 4.31 Å². The smallest absolute Gasteiger partial charge is 0.243 e. The Morgan fingerprint density at radius 1 is 0.889 bits per heavy atom. The van der Waals surface area contributed by atoms with Crippen molar-refractivity contribution >= 4 is 15.9 Å². The number of methoxy groups -OCH3 is 3. The van der Waals surface area contributed by atoms with Crippen molar-refractivity contribution in [1.82, 2.24) is 9.62 Å². The van der Waals surface area contributed by atoms with E-state index < -0.39 is 15.9 Å². The number of ether oxygens (including phenoxy) is 3. The molecule has 3 rings (SSSR count). The lowest BCUT2D eigenvalue weighted by molar-refractivity contribution is -0.121. The Morgan fingerprint density at radius 2 is 1.56 bits per heavy atom. The highest BCUT2D eigenvalue weighted by molar-refractivity contribution is 7.89. The maximum atomic E-state index is 13.6. The number of benzene rings is 3. The Kier molecular flexibility index (Phi) is 9.32. The van der Waals surface area contributed by atoms with E-state index in [-0.39, 0.29) is 24.0 Å². The molecule has 0 unspecified atom stereocenters. The third-order valence-corrected chi connectivity index (χ3v) is 7.64. The first-order chi connectivity index (χ1) is 17.3. The molecule has 0 spiro atoms. The summed E-state index contributed by atoms with van der Waals surface area (Å²) in [5, 5.41) is 2.90. The highest BCUT2D eigenvalue weighted by Gasteiger charge is 2.28. The third kappa shape index (κ3) is 6.77. The third-order valence-electron chi connectivity index (χ3n) is 5.80. The van der Waals surface area contributed by atoms with Gasteiger partial charge in [-0.3, -0.25) is 4.79 Å². The zero-order valence-corrected chi connectivity index (χ0v) is 21.7. The molecule has 3 aromatic carbocycles. The predicted molar refractivity (Wildman–Crippen MR) is 138 cm³/mol. The second-order valence-electron chi connectivity index (χ2n) is 8.15. The molecule has 0 saturated heterocycles. The van der Waals surface area contributed by atoms with Crippen molar-refractivity contribution in [2.75, 3.05) is 34.4 Å². The van der Waals surface area contributed by atoms with Crippen LogP contribution in [0.5, 0.6) is 17.2 Å². The summed E-state index contributed by atoms with van der Waals surface area (Å²) >= 11 is 0. The quantitative estimate of drug-likeness (QED) is 0.397. The lowest BCUT2D eigenvalue weighted by Gasteiger charge is -2.24. The molecule has 0 saturated carbocycles. The number of sulfonamides is 1. The average molecular weight is 513 g/mol. The predicted octanol–water partition coefficient (Wildman–Crippen LogP) is 3.82. The molecule has 3 aromatic rings. The molecule has 0 aliphatic rings. The van der Waals surface area contributed by atoms with Gasteiger partial charge < -0.3 is 19.5 Å². The van der Waals surface area contributed by atoms with E-state index in [1.165, 1.54) is 36.7 Å². The minimum atomic E-state index is -4.01. The van der Waals surface area contributed by atoms with E-state index in [1.807, 2.05) is 61.5 Å². The van der Waals surface area contributed by atoms with Crippen molar-refractivity contribution in [3.8, 4) is 17.2 Å². The van der Waals surface area contributed by atoms with E-state index in [2.05, 4.69) is 5.32 Å². The topological polar surface area (TPSA) is 94.2 Å². The minimum absolute atomic E-state index is 0.0178. The molecule has 0 radical (unpaired) electrons. The summed E-state index contributed by atoms with van der Waals surface area (Å²) in [7, 11) is 0.492. The SMILES string of the molecule is COc1ccc([C@@H](C)NC(=O)CN(CCc2ccccc2)S(=O)(=O)c2ccc(OC)c(OC)c2)cc1. The molecular formula is C27H32N2O6S. The Labute approximate surface area is 212 Å². The average Bonchev–Trinajstić information content (AvgIpc) is 2.90. The van der Waals surface area contributed by atoms with Crippen molar-refractivity contribution in [2.45, 2.75) is 24.3 Å². The maximum absolute atomic E-state index is 13.6. The number of hydrogen-bond donors (Lipinski definition) is 1. The molecule has 9 heteroatoms. The first-order valence-corrected chi connectivity index (χ1v) is 12.9. The van der Waals surface area contributed by atoms with Crippen LogP contribution in [0.15, 0.2) is 77.7 Å². The van der Waals surface area contributed by atoms with E-state index >= 15 is 0 Å². The minimum Gasteiger partial charge on any atom is -0.497 e. The normalized spacial score (nSPS) is 12.1. The van der Waals surface area contributed by atoms with Gasteiger partial charge >= 0.3 is 0 Å². The summed E-state index contributed by atoms with van der Waals surface area (Å²) < 4.78 is 44.1. The number of nitrogens with zero attached hydrogens (tertiary/aromatic N) is 1. The van der Waals surface area contributed by atoms with Crippen molar-refractivity contribution in [1.29, 1.82) is 0 Å². The summed E-state index contributed by atoms with van der Waals surface area (Å²) in [5.41, 5.74) is 1.85. The number of rotatable bonds is 12. The van der Waals surface area contributed by atoms with Gasteiger partial charge in [0.05, 0.1) is 38.8 Å². The highest BCUT2D eigenvalue weighted by Crippen LogP contribution is 2.30. The fraction of sp³-hybridized carbons (Fsp3) is 0.296. The van der Waals surface area contributed by atoms with E-state index in [0.29, 0.717) is 23.7 Å². The van der Waals surface area contributed by atoms with Crippen LogP contribution < -0.4 is 19.5 Å². The van der Waals surface area contributed by atoms with Crippen LogP contribution in [0.1, 0.15) is 24.1 Å². The standard InChI is InChI=1S/C27H32N2O6S/c1-20(22-10-12-23(33-2)13-11-22)28-27(30)19-29(17-16-21-8-6-5-7-9-21)36(31,32)24-14-15-25(34-3)26(18-24)35-4/h5-15,18,20H,16-17,19H2,1-4H3,(H,28,30)/t20-/m1/s1. The van der Waals surface area contributed by atoms with Crippen molar-refractivity contribution < 1.29 is 27.4 Å². The van der Waals surface area contributed by atoms with Crippen LogP contribution in [0.25, 0.3) is 0 Å². The summed E-state index contributed by atoms with van der Waals surface area (Å²) in [5.74, 6) is 1.01. The van der Waals surface area contributed by atoms with Gasteiger partial charge in [-0.25, -0.2) is 8.42 Å². The number of carbonyl (C=O) groups is 1. The van der Waals surface area contributed by atoms with Crippen LogP contribution in [0, 0.1) is 0 Å². The van der Waals surface area contributed by atoms with Gasteiger partial charge in [0.15, 0.2) is 11.5 Å². The molecule has 0 aromatic heterocycles. The van der Waals surface area contributed by atoms with E-state index in [1.54, 1.807) is 7.11 Å². The number of nitrogens with one attached hydrogen (secondary N) is 1. The Morgan fingerprint density at radius 3 is 2.17 bits per heavy atom. The van der Waals surface area contributed by atoms with Gasteiger partial charge in [-0.15, -0.1) is 0 Å². The van der Waals surface area contributed by atoms with Gasteiger partial charge in [-0.05, 0) is 48.7 Å². The number of amides is 1. The van der Waals surface area contributed by atoms with Gasteiger partial charge in [0.2, 0.25) is 15.9 Å². The van der Waals surface area contributed by atoms with Crippen LogP contribution in [0.2, 0.25) is 0 Å². The molecule has 1 amide bonds. The van der Waals surface area contributed by atoms with Crippen LogP contribution in [0.3, 0.4) is 0 Å². The second kappa shape index (κ2) is 12.4. The first-order valence-electron chi connectivity index (χ1n) is 11.5. The molecule has 1 N–H and O–H groups in total.